The number of carbonyl (C=O) groups is 2. The van der Waals surface area contributed by atoms with E-state index < -0.39 is 26.6 Å². The van der Waals surface area contributed by atoms with Gasteiger partial charge in [-0.05, 0) is 122 Å². The Labute approximate surface area is 493 Å². The minimum atomic E-state index is -4.72. The molecule has 0 rings (SSSR count). The molecule has 0 saturated carbocycles. The van der Waals surface area contributed by atoms with Crippen LogP contribution in [0.5, 0.6) is 0 Å². The zero-order valence-electron chi connectivity index (χ0n) is 52.2. The Hall–Kier alpha value is -3.59. The van der Waals surface area contributed by atoms with Gasteiger partial charge in [0.25, 0.3) is 7.82 Å². The quantitative estimate of drug-likeness (QED) is 0.0212. The maximum atomic E-state index is 13.6. The Balaban J connectivity index is 5.29. The average molecular weight is 1130 g/mol. The predicted molar refractivity (Wildman–Crippen MR) is 343 cm³/mol. The number of phosphoric ester groups is 1. The number of quaternary nitrogens is 1. The first kappa shape index (κ1) is 76.4. The standard InChI is InChI=1S/C70H121N2O7P/c1-7-10-13-16-19-22-25-28-30-32-34-35-36-37-39-40-42-44-47-50-53-56-59-62-69(73)71-67(66-78-80(75,76)77-65-64-72(4,5)6)68(61-58-55-52-49-46-27-24-21-18-15-12-9-3)79-70(74)63-60-57-54-51-48-45-43-41-38-33-31-29-26-23-20-17-14-11-8-2/h10,13,19-20,22-23,28-31,34-35,37-39,41,45,48,58,61,67-68H,7-9,11-12,14-18,21,24-27,32-33,36,40,42-44,46-47,49-57,59-60,62-66H2,1-6H3,(H-,71,73,75,76)/b13-10-,22-19-,23-20-,30-28-,31-29-,35-34-,39-37-,41-38-,48-45-,61-58-. The topological polar surface area (TPSA) is 114 Å². The molecule has 0 saturated heterocycles. The number of allylic oxidation sites excluding steroid dienone is 19. The molecule has 3 unspecified atom stereocenters. The Bertz CT molecular complexity index is 1780. The van der Waals surface area contributed by atoms with Crippen LogP contribution in [-0.2, 0) is 27.9 Å². The lowest BCUT2D eigenvalue weighted by molar-refractivity contribution is -0.870. The lowest BCUT2D eigenvalue weighted by Gasteiger charge is -2.30. The average Bonchev–Trinajstić information content (AvgIpc) is 3.42. The van der Waals surface area contributed by atoms with Crippen molar-refractivity contribution in [3.8, 4) is 0 Å². The molecule has 0 aliphatic carbocycles. The predicted octanol–water partition coefficient (Wildman–Crippen LogP) is 19.6. The third kappa shape index (κ3) is 59.0. The molecule has 1 amide bonds. The van der Waals surface area contributed by atoms with E-state index in [1.807, 2.05) is 33.3 Å². The van der Waals surface area contributed by atoms with Crippen molar-refractivity contribution in [3.63, 3.8) is 0 Å². The second-order valence-electron chi connectivity index (χ2n) is 22.5. The zero-order chi connectivity index (χ0) is 58.6. The molecule has 0 bridgehead atoms. The Morgan fingerprint density at radius 2 is 0.800 bits per heavy atom. The van der Waals surface area contributed by atoms with Crippen molar-refractivity contribution >= 4 is 19.7 Å². The Morgan fingerprint density at radius 3 is 1.24 bits per heavy atom. The number of hydrogen-bond acceptors (Lipinski definition) is 7. The second-order valence-corrected chi connectivity index (χ2v) is 23.9. The van der Waals surface area contributed by atoms with E-state index >= 15 is 0 Å². The molecule has 0 aromatic heterocycles. The molecule has 0 aromatic carbocycles. The summed E-state index contributed by atoms with van der Waals surface area (Å²) in [6.45, 7) is 6.66. The minimum absolute atomic E-state index is 0.0365. The highest BCUT2D eigenvalue weighted by atomic mass is 31.2. The van der Waals surface area contributed by atoms with Crippen LogP contribution in [0.4, 0.5) is 0 Å². The molecule has 0 spiro atoms. The fourth-order valence-corrected chi connectivity index (χ4v) is 9.37. The highest BCUT2D eigenvalue weighted by molar-refractivity contribution is 7.45. The highest BCUT2D eigenvalue weighted by Gasteiger charge is 2.27. The van der Waals surface area contributed by atoms with Crippen molar-refractivity contribution in [3.05, 3.63) is 122 Å². The lowest BCUT2D eigenvalue weighted by Crippen LogP contribution is -2.47. The number of amides is 1. The van der Waals surface area contributed by atoms with Gasteiger partial charge in [0, 0.05) is 12.8 Å². The zero-order valence-corrected chi connectivity index (χ0v) is 53.1. The van der Waals surface area contributed by atoms with Crippen molar-refractivity contribution in [1.29, 1.82) is 0 Å². The third-order valence-corrected chi connectivity index (χ3v) is 14.6. The van der Waals surface area contributed by atoms with Gasteiger partial charge >= 0.3 is 5.97 Å². The first-order chi connectivity index (χ1) is 38.9. The van der Waals surface area contributed by atoms with Crippen LogP contribution < -0.4 is 10.2 Å². The molecule has 458 valence electrons. The number of unbranched alkanes of at least 4 members (excludes halogenated alkanes) is 23. The number of carbonyl (C=O) groups excluding carboxylic acids is 2. The maximum absolute atomic E-state index is 13.6. The normalized spacial score (nSPS) is 14.4. The number of phosphoric acid groups is 1. The maximum Gasteiger partial charge on any atom is 0.306 e. The summed E-state index contributed by atoms with van der Waals surface area (Å²) in [5, 5.41) is 3.02. The van der Waals surface area contributed by atoms with E-state index in [2.05, 4.69) is 135 Å². The van der Waals surface area contributed by atoms with E-state index in [1.165, 1.54) is 96.3 Å². The summed E-state index contributed by atoms with van der Waals surface area (Å²) in [5.41, 5.74) is 0. The molecule has 0 fully saturated rings. The summed E-state index contributed by atoms with van der Waals surface area (Å²) < 4.78 is 30.3. The summed E-state index contributed by atoms with van der Waals surface area (Å²) >= 11 is 0. The molecular formula is C70H121N2O7P. The van der Waals surface area contributed by atoms with Gasteiger partial charge < -0.3 is 28.5 Å². The van der Waals surface area contributed by atoms with Crippen LogP contribution in [0.1, 0.15) is 258 Å². The molecule has 0 aliphatic rings. The first-order valence-corrected chi connectivity index (χ1v) is 33.8. The van der Waals surface area contributed by atoms with Gasteiger partial charge in [0.1, 0.15) is 19.3 Å². The van der Waals surface area contributed by atoms with Gasteiger partial charge in [0.2, 0.25) is 5.91 Å². The van der Waals surface area contributed by atoms with Gasteiger partial charge in [-0.15, -0.1) is 0 Å². The molecule has 0 radical (unpaired) electrons. The highest BCUT2D eigenvalue weighted by Crippen LogP contribution is 2.38. The van der Waals surface area contributed by atoms with Gasteiger partial charge in [-0.3, -0.25) is 14.2 Å². The van der Waals surface area contributed by atoms with Gasteiger partial charge in [-0.25, -0.2) is 0 Å². The summed E-state index contributed by atoms with van der Waals surface area (Å²) in [4.78, 5) is 40.1. The van der Waals surface area contributed by atoms with Gasteiger partial charge in [0.05, 0.1) is 33.8 Å². The number of esters is 1. The van der Waals surface area contributed by atoms with Crippen LogP contribution in [0, 0.1) is 0 Å². The largest absolute Gasteiger partial charge is 0.756 e. The molecule has 1 N–H and O–H groups in total. The molecular weight excluding hydrogens is 1010 g/mol. The van der Waals surface area contributed by atoms with Crippen LogP contribution in [0.25, 0.3) is 0 Å². The number of hydrogen-bond donors (Lipinski definition) is 1. The van der Waals surface area contributed by atoms with E-state index in [1.54, 1.807) is 0 Å². The van der Waals surface area contributed by atoms with Crippen molar-refractivity contribution in [2.24, 2.45) is 0 Å². The summed E-state index contributed by atoms with van der Waals surface area (Å²) in [6.07, 6.45) is 81.6. The van der Waals surface area contributed by atoms with Crippen molar-refractivity contribution < 1.29 is 37.3 Å². The van der Waals surface area contributed by atoms with Crippen LogP contribution >= 0.6 is 7.82 Å². The van der Waals surface area contributed by atoms with Gasteiger partial charge in [-0.2, -0.15) is 0 Å². The Kier molecular flexibility index (Phi) is 56.0. The van der Waals surface area contributed by atoms with Crippen LogP contribution in [-0.4, -0.2) is 69.4 Å². The molecule has 0 aliphatic heterocycles. The molecule has 0 heterocycles. The van der Waals surface area contributed by atoms with Crippen LogP contribution in [0.3, 0.4) is 0 Å². The number of likely N-dealkylation sites (N-methyl/N-ethyl adjacent to an activating group) is 1. The van der Waals surface area contributed by atoms with Crippen molar-refractivity contribution in [2.45, 2.75) is 270 Å². The van der Waals surface area contributed by atoms with Crippen molar-refractivity contribution in [2.75, 3.05) is 40.9 Å². The summed E-state index contributed by atoms with van der Waals surface area (Å²) in [6, 6.07) is -0.917. The monoisotopic (exact) mass is 1130 g/mol. The molecule has 9 nitrogen and oxygen atoms in total. The molecule has 0 aromatic rings. The molecule has 3 atom stereocenters. The summed E-state index contributed by atoms with van der Waals surface area (Å²) in [5.74, 6) is -0.596. The third-order valence-electron chi connectivity index (χ3n) is 13.6. The minimum Gasteiger partial charge on any atom is -0.756 e. The fourth-order valence-electron chi connectivity index (χ4n) is 8.65. The number of ether oxygens (including phenoxy) is 1. The van der Waals surface area contributed by atoms with E-state index in [9.17, 15) is 19.0 Å². The SMILES string of the molecule is CC/C=C\C/C=C\C/C=C\C/C=C\C/C=C\CCCCCCCCCC(=O)NC(COP(=O)([O-])OCC[N+](C)(C)C)C(/C=C\CCCCCCCCCCCC)OC(=O)CCCCC/C=C\C/C=C\C/C=C\C/C=C\CCCCC. The molecule has 10 heteroatoms. The van der Waals surface area contributed by atoms with Gasteiger partial charge in [0.15, 0.2) is 0 Å². The van der Waals surface area contributed by atoms with E-state index in [-0.39, 0.29) is 31.3 Å². The number of rotatable bonds is 57. The van der Waals surface area contributed by atoms with Crippen LogP contribution in [0.15, 0.2) is 122 Å². The van der Waals surface area contributed by atoms with Crippen LogP contribution in [0.2, 0.25) is 0 Å². The first-order valence-electron chi connectivity index (χ1n) is 32.3. The van der Waals surface area contributed by atoms with E-state index in [0.717, 1.165) is 116 Å². The smallest absolute Gasteiger partial charge is 0.306 e. The lowest BCUT2D eigenvalue weighted by atomic mass is 10.0. The number of nitrogens with zero attached hydrogens (tertiary/aromatic N) is 1. The van der Waals surface area contributed by atoms with E-state index in [0.29, 0.717) is 23.9 Å². The molecule has 80 heavy (non-hydrogen) atoms. The van der Waals surface area contributed by atoms with Gasteiger partial charge in [-0.1, -0.05) is 245 Å². The van der Waals surface area contributed by atoms with Crippen molar-refractivity contribution in [1.82, 2.24) is 5.32 Å². The fraction of sp³-hybridized carbons (Fsp3) is 0.686. The second kappa shape index (κ2) is 58.6. The van der Waals surface area contributed by atoms with E-state index in [4.69, 9.17) is 13.8 Å². The number of nitrogens with one attached hydrogen (secondary N) is 1. The Morgan fingerprint density at radius 1 is 0.450 bits per heavy atom. The summed E-state index contributed by atoms with van der Waals surface area (Å²) in [7, 11) is 1.14.